The molecule has 1 amide bonds. The van der Waals surface area contributed by atoms with Crippen LogP contribution in [0.3, 0.4) is 0 Å². The van der Waals surface area contributed by atoms with E-state index in [2.05, 4.69) is 21.9 Å². The third-order valence-corrected chi connectivity index (χ3v) is 5.91. The summed E-state index contributed by atoms with van der Waals surface area (Å²) in [6.45, 7) is 9.17. The number of carbonyl (C=O) groups is 1. The van der Waals surface area contributed by atoms with Crippen molar-refractivity contribution in [3.63, 3.8) is 0 Å². The molecule has 0 radical (unpaired) electrons. The summed E-state index contributed by atoms with van der Waals surface area (Å²) in [4.78, 5) is 21.5. The van der Waals surface area contributed by atoms with E-state index in [1.807, 2.05) is 13.8 Å². The van der Waals surface area contributed by atoms with Crippen LogP contribution in [0.1, 0.15) is 50.3 Å². The smallest absolute Gasteiger partial charge is 0.252 e. The molecular weight excluding hydrogens is 486 g/mol. The molecule has 2 N–H and O–H groups in total. The lowest BCUT2D eigenvalue weighted by atomic mass is 9.84. The Morgan fingerprint density at radius 3 is 2.71 bits per heavy atom. The number of hydrogen-bond donors (Lipinski definition) is 2. The van der Waals surface area contributed by atoms with Gasteiger partial charge in [0, 0.05) is 54.3 Å². The molecule has 202 valence electrons. The van der Waals surface area contributed by atoms with Crippen molar-refractivity contribution in [2.75, 3.05) is 26.4 Å². The number of hydrogen-bond acceptors (Lipinski definition) is 7. The highest BCUT2D eigenvalue weighted by Crippen LogP contribution is 2.45. The van der Waals surface area contributed by atoms with Crippen molar-refractivity contribution in [1.29, 1.82) is 0 Å². The van der Waals surface area contributed by atoms with E-state index in [9.17, 15) is 4.79 Å². The fourth-order valence-electron chi connectivity index (χ4n) is 4.11. The Morgan fingerprint density at radius 2 is 2.03 bits per heavy atom. The first-order valence-electron chi connectivity index (χ1n) is 12.7. The third kappa shape index (κ3) is 7.13. The second-order valence-electron chi connectivity index (χ2n) is 9.06. The van der Waals surface area contributed by atoms with Crippen LogP contribution in [-0.2, 0) is 14.3 Å². The average Bonchev–Trinajstić information content (AvgIpc) is 3.30. The van der Waals surface area contributed by atoms with Crippen LogP contribution in [0.25, 0.3) is 10.4 Å². The van der Waals surface area contributed by atoms with Gasteiger partial charge >= 0.3 is 0 Å². The van der Waals surface area contributed by atoms with Gasteiger partial charge in [0.25, 0.3) is 5.91 Å². The number of aliphatic hydroxyl groups is 1. The number of rotatable bonds is 15. The molecule has 1 aliphatic rings. The summed E-state index contributed by atoms with van der Waals surface area (Å²) in [5.74, 6) is 0.610. The van der Waals surface area contributed by atoms with E-state index in [0.29, 0.717) is 55.2 Å². The Balaban J connectivity index is 1.95. The van der Waals surface area contributed by atoms with Crippen LogP contribution in [0.2, 0.25) is 0 Å². The highest BCUT2D eigenvalue weighted by Gasteiger charge is 2.52. The van der Waals surface area contributed by atoms with Gasteiger partial charge in [-0.15, -0.1) is 6.58 Å². The van der Waals surface area contributed by atoms with E-state index >= 15 is 0 Å². The first-order chi connectivity index (χ1) is 18.4. The van der Waals surface area contributed by atoms with Gasteiger partial charge in [-0.1, -0.05) is 35.5 Å². The van der Waals surface area contributed by atoms with Gasteiger partial charge in [0.1, 0.15) is 5.75 Å². The molecule has 0 fully saturated rings. The normalized spacial score (nSPS) is 18.3. The minimum absolute atomic E-state index is 0.0552. The number of ether oxygens (including phenoxy) is 3. The molecule has 38 heavy (non-hydrogen) atoms. The topological polar surface area (TPSA) is 138 Å². The van der Waals surface area contributed by atoms with Gasteiger partial charge in [-0.3, -0.25) is 4.79 Å². The Kier molecular flexibility index (Phi) is 10.7. The molecule has 2 aromatic carbocycles. The molecule has 0 spiro atoms. The quantitative estimate of drug-likeness (QED) is 0.110. The predicted octanol–water partition coefficient (Wildman–Crippen LogP) is 5.15. The molecule has 1 heterocycles. The van der Waals surface area contributed by atoms with Crippen LogP contribution < -0.4 is 10.1 Å². The summed E-state index contributed by atoms with van der Waals surface area (Å²) in [5, 5.41) is 15.8. The maximum Gasteiger partial charge on any atom is 0.252 e. The molecule has 0 saturated carbocycles. The molecule has 2 atom stereocenters. The van der Waals surface area contributed by atoms with Gasteiger partial charge in [-0.25, -0.2) is 4.99 Å². The molecule has 10 heteroatoms. The Morgan fingerprint density at radius 1 is 1.26 bits per heavy atom. The monoisotopic (exact) mass is 521 g/mol. The first kappa shape index (κ1) is 28.7. The summed E-state index contributed by atoms with van der Waals surface area (Å²) in [5.41, 5.74) is 9.32. The fourth-order valence-corrected chi connectivity index (χ4v) is 4.11. The largest absolute Gasteiger partial charge is 0.494 e. The molecule has 10 nitrogen and oxygen atoms in total. The highest BCUT2D eigenvalue weighted by atomic mass is 16.5. The number of aliphatic imine (C=N–C) groups is 1. The Bertz CT molecular complexity index is 1160. The van der Waals surface area contributed by atoms with Crippen molar-refractivity contribution in [3.8, 4) is 5.75 Å². The van der Waals surface area contributed by atoms with Crippen molar-refractivity contribution in [2.24, 2.45) is 10.1 Å². The van der Waals surface area contributed by atoms with Gasteiger partial charge in [-0.2, -0.15) is 0 Å². The zero-order chi connectivity index (χ0) is 27.4. The number of carbonyl (C=O) groups excluding carboxylic acids is 1. The SMILES string of the molecule is C=CC[C@@]1(C(=O)NCCCOC(C)C)N=C(c2ccc(OCCCO)cc2)O[C@@H]1c1ccccc1N=[N+]=[N-]. The zero-order valence-corrected chi connectivity index (χ0v) is 21.9. The summed E-state index contributed by atoms with van der Waals surface area (Å²) in [7, 11) is 0. The maximum atomic E-state index is 13.8. The van der Waals surface area contributed by atoms with Crippen LogP contribution >= 0.6 is 0 Å². The lowest BCUT2D eigenvalue weighted by Crippen LogP contribution is -2.48. The molecule has 0 bridgehead atoms. The van der Waals surface area contributed by atoms with Crippen molar-refractivity contribution in [1.82, 2.24) is 5.32 Å². The number of benzene rings is 2. The van der Waals surface area contributed by atoms with Crippen LogP contribution in [0.5, 0.6) is 5.75 Å². The van der Waals surface area contributed by atoms with Crippen molar-refractivity contribution < 1.29 is 24.1 Å². The zero-order valence-electron chi connectivity index (χ0n) is 21.9. The molecule has 1 aliphatic heterocycles. The van der Waals surface area contributed by atoms with Crippen LogP contribution in [-0.4, -0.2) is 54.9 Å². The molecule has 0 aliphatic carbocycles. The van der Waals surface area contributed by atoms with E-state index in [4.69, 9.17) is 29.8 Å². The first-order valence-corrected chi connectivity index (χ1v) is 12.7. The predicted molar refractivity (Wildman–Crippen MR) is 146 cm³/mol. The van der Waals surface area contributed by atoms with Crippen molar-refractivity contribution in [2.45, 2.75) is 50.9 Å². The minimum Gasteiger partial charge on any atom is -0.494 e. The van der Waals surface area contributed by atoms with Crippen molar-refractivity contribution in [3.05, 3.63) is 82.8 Å². The Hall–Kier alpha value is -3.85. The highest BCUT2D eigenvalue weighted by molar-refractivity contribution is 6.01. The van der Waals surface area contributed by atoms with Crippen LogP contribution in [0.15, 0.2) is 71.3 Å². The maximum absolute atomic E-state index is 13.8. The Labute approximate surface area is 223 Å². The number of nitrogens with zero attached hydrogens (tertiary/aromatic N) is 4. The van der Waals surface area contributed by atoms with E-state index in [1.165, 1.54) is 0 Å². The van der Waals surface area contributed by atoms with E-state index in [1.54, 1.807) is 54.6 Å². The van der Waals surface area contributed by atoms with E-state index in [-0.39, 0.29) is 30.9 Å². The third-order valence-electron chi connectivity index (χ3n) is 5.91. The number of amides is 1. The fraction of sp³-hybridized carbons (Fsp3) is 0.429. The summed E-state index contributed by atoms with van der Waals surface area (Å²) in [6.07, 6.45) is 2.27. The molecular formula is C28H35N5O5. The second-order valence-corrected chi connectivity index (χ2v) is 9.06. The van der Waals surface area contributed by atoms with Crippen LogP contribution in [0.4, 0.5) is 5.69 Å². The molecule has 3 rings (SSSR count). The molecule has 0 aromatic heterocycles. The lowest BCUT2D eigenvalue weighted by Gasteiger charge is -2.30. The van der Waals surface area contributed by atoms with Crippen molar-refractivity contribution >= 4 is 17.5 Å². The second kappa shape index (κ2) is 14.2. The number of aliphatic hydroxyl groups excluding tert-OH is 1. The number of nitrogens with one attached hydrogen (secondary N) is 1. The van der Waals surface area contributed by atoms with Gasteiger partial charge in [0.2, 0.25) is 5.90 Å². The molecule has 0 saturated heterocycles. The standard InChI is InChI=1S/C28H35N5O5/c1-4-15-28(27(35)30-16-7-18-36-20(2)3)25(23-9-5-6-10-24(23)32-33-29)38-26(31-28)21-11-13-22(14-12-21)37-19-8-17-34/h4-6,9-14,20,25,34H,1,7-8,15-19H2,2-3H3,(H,30,35)/t25-,28-/m1/s1. The summed E-state index contributed by atoms with van der Waals surface area (Å²) in [6, 6.07) is 14.2. The average molecular weight is 522 g/mol. The minimum atomic E-state index is -1.37. The van der Waals surface area contributed by atoms with Gasteiger partial charge in [0.05, 0.1) is 12.7 Å². The van der Waals surface area contributed by atoms with E-state index < -0.39 is 11.6 Å². The lowest BCUT2D eigenvalue weighted by molar-refractivity contribution is -0.128. The van der Waals surface area contributed by atoms with E-state index in [0.717, 1.165) is 0 Å². The number of azide groups is 1. The van der Waals surface area contributed by atoms with Gasteiger partial charge in [0.15, 0.2) is 11.6 Å². The summed E-state index contributed by atoms with van der Waals surface area (Å²) >= 11 is 0. The molecule has 2 aromatic rings. The molecule has 0 unspecified atom stereocenters. The van der Waals surface area contributed by atoms with Gasteiger partial charge in [-0.05, 0) is 50.1 Å². The van der Waals surface area contributed by atoms with Crippen LogP contribution in [0, 0.1) is 0 Å². The van der Waals surface area contributed by atoms with Gasteiger partial charge < -0.3 is 24.6 Å². The summed E-state index contributed by atoms with van der Waals surface area (Å²) < 4.78 is 17.6.